The van der Waals surface area contributed by atoms with Gasteiger partial charge in [0.15, 0.2) is 11.6 Å². The summed E-state index contributed by atoms with van der Waals surface area (Å²) in [5.41, 5.74) is 0.898. The van der Waals surface area contributed by atoms with Gasteiger partial charge in [0.25, 0.3) is 0 Å². The molecule has 12 heavy (non-hydrogen) atoms. The Bertz CT molecular complexity index is 274. The van der Waals surface area contributed by atoms with E-state index in [1.54, 1.807) is 6.07 Å². The van der Waals surface area contributed by atoms with Crippen molar-refractivity contribution in [1.29, 1.82) is 0 Å². The molecule has 0 aromatic heterocycles. The van der Waals surface area contributed by atoms with Crippen molar-refractivity contribution in [3.8, 4) is 5.75 Å². The zero-order chi connectivity index (χ0) is 9.30. The fourth-order valence-corrected chi connectivity index (χ4v) is 1.31. The van der Waals surface area contributed by atoms with Crippen LogP contribution in [0, 0.1) is 5.82 Å². The molecule has 1 aromatic carbocycles. The van der Waals surface area contributed by atoms with Crippen molar-refractivity contribution < 1.29 is 9.50 Å². The first kappa shape index (κ1) is 9.47. The van der Waals surface area contributed by atoms with Gasteiger partial charge in [-0.15, -0.1) is 9.24 Å². The average molecular weight is 186 g/mol. The van der Waals surface area contributed by atoms with Crippen molar-refractivity contribution >= 4 is 14.5 Å². The molecule has 1 atom stereocenters. The summed E-state index contributed by atoms with van der Waals surface area (Å²) >= 11 is 0. The van der Waals surface area contributed by atoms with Crippen LogP contribution in [0.2, 0.25) is 0 Å². The molecule has 1 aromatic rings. The lowest BCUT2D eigenvalue weighted by molar-refractivity contribution is 0.436. The lowest BCUT2D eigenvalue weighted by atomic mass is 10.0. The second-order valence-corrected chi connectivity index (χ2v) is 3.72. The standard InChI is InChI=1S/C9H12FOP/c1-5(2)6-3-7(10)9(11)8(12)4-6/h3-5,11H,12H2,1-2H3. The summed E-state index contributed by atoms with van der Waals surface area (Å²) in [6.07, 6.45) is 0. The summed E-state index contributed by atoms with van der Waals surface area (Å²) in [5, 5.41) is 9.63. The van der Waals surface area contributed by atoms with Crippen molar-refractivity contribution in [3.63, 3.8) is 0 Å². The van der Waals surface area contributed by atoms with Gasteiger partial charge in [0.05, 0.1) is 0 Å². The predicted octanol–water partition coefficient (Wildman–Crippen LogP) is 2.16. The van der Waals surface area contributed by atoms with Crippen LogP contribution >= 0.6 is 9.24 Å². The van der Waals surface area contributed by atoms with E-state index in [4.69, 9.17) is 5.11 Å². The Balaban J connectivity index is 3.21. The minimum absolute atomic E-state index is 0.274. The summed E-state index contributed by atoms with van der Waals surface area (Å²) in [4.78, 5) is 0. The van der Waals surface area contributed by atoms with Gasteiger partial charge in [0.1, 0.15) is 0 Å². The average Bonchev–Trinajstić information content (AvgIpc) is 1.99. The van der Waals surface area contributed by atoms with Crippen molar-refractivity contribution in [3.05, 3.63) is 23.5 Å². The molecule has 0 heterocycles. The van der Waals surface area contributed by atoms with E-state index in [2.05, 4.69) is 9.24 Å². The molecule has 1 unspecified atom stereocenters. The maximum atomic E-state index is 12.9. The van der Waals surface area contributed by atoms with Crippen molar-refractivity contribution in [2.24, 2.45) is 0 Å². The minimum Gasteiger partial charge on any atom is -0.504 e. The van der Waals surface area contributed by atoms with Crippen LogP contribution in [0.1, 0.15) is 25.3 Å². The lowest BCUT2D eigenvalue weighted by Crippen LogP contribution is -1.99. The Morgan fingerprint density at radius 2 is 2.00 bits per heavy atom. The first-order chi connectivity index (χ1) is 5.52. The lowest BCUT2D eigenvalue weighted by Gasteiger charge is -2.08. The third-order valence-electron chi connectivity index (χ3n) is 1.78. The highest BCUT2D eigenvalue weighted by molar-refractivity contribution is 7.27. The van der Waals surface area contributed by atoms with E-state index in [9.17, 15) is 4.39 Å². The Morgan fingerprint density at radius 1 is 1.42 bits per heavy atom. The first-order valence-electron chi connectivity index (χ1n) is 3.80. The predicted molar refractivity (Wildman–Crippen MR) is 51.5 cm³/mol. The van der Waals surface area contributed by atoms with Gasteiger partial charge in [0.2, 0.25) is 0 Å². The van der Waals surface area contributed by atoms with Gasteiger partial charge in [-0.3, -0.25) is 0 Å². The molecular formula is C9H12FOP. The molecule has 0 spiro atoms. The van der Waals surface area contributed by atoms with E-state index in [-0.39, 0.29) is 11.7 Å². The Kier molecular flexibility index (Phi) is 2.69. The van der Waals surface area contributed by atoms with E-state index < -0.39 is 5.82 Å². The minimum atomic E-state index is -0.550. The second-order valence-electron chi connectivity index (χ2n) is 3.10. The third-order valence-corrected chi connectivity index (χ3v) is 2.22. The smallest absolute Gasteiger partial charge is 0.165 e. The fourth-order valence-electron chi connectivity index (χ4n) is 0.975. The molecule has 0 aliphatic heterocycles. The van der Waals surface area contributed by atoms with Crippen LogP contribution in [0.15, 0.2) is 12.1 Å². The van der Waals surface area contributed by atoms with E-state index >= 15 is 0 Å². The summed E-state index contributed by atoms with van der Waals surface area (Å²) in [6, 6.07) is 3.14. The van der Waals surface area contributed by atoms with Crippen LogP contribution < -0.4 is 5.30 Å². The van der Waals surface area contributed by atoms with Crippen LogP contribution in [-0.2, 0) is 0 Å². The van der Waals surface area contributed by atoms with Crippen LogP contribution in [-0.4, -0.2) is 5.11 Å². The van der Waals surface area contributed by atoms with E-state index in [0.717, 1.165) is 5.56 Å². The molecule has 0 aliphatic rings. The highest BCUT2D eigenvalue weighted by Crippen LogP contribution is 2.21. The summed E-state index contributed by atoms with van der Waals surface area (Å²) < 4.78 is 12.9. The molecule has 1 rings (SSSR count). The van der Waals surface area contributed by atoms with Crippen LogP contribution in [0.5, 0.6) is 5.75 Å². The largest absolute Gasteiger partial charge is 0.504 e. The topological polar surface area (TPSA) is 20.2 Å². The molecule has 0 amide bonds. The highest BCUT2D eigenvalue weighted by atomic mass is 31.0. The van der Waals surface area contributed by atoms with Crippen molar-refractivity contribution in [2.75, 3.05) is 0 Å². The van der Waals surface area contributed by atoms with Crippen LogP contribution in [0.25, 0.3) is 0 Å². The highest BCUT2D eigenvalue weighted by Gasteiger charge is 2.08. The third kappa shape index (κ3) is 1.75. The molecule has 0 fully saturated rings. The van der Waals surface area contributed by atoms with Crippen LogP contribution in [0.3, 0.4) is 0 Å². The summed E-state index contributed by atoms with van der Waals surface area (Å²) in [6.45, 7) is 3.96. The molecule has 0 radical (unpaired) electrons. The van der Waals surface area contributed by atoms with Gasteiger partial charge in [-0.25, -0.2) is 4.39 Å². The van der Waals surface area contributed by atoms with Crippen molar-refractivity contribution in [1.82, 2.24) is 0 Å². The monoisotopic (exact) mass is 186 g/mol. The Morgan fingerprint density at radius 3 is 2.42 bits per heavy atom. The number of rotatable bonds is 1. The van der Waals surface area contributed by atoms with Gasteiger partial charge < -0.3 is 5.11 Å². The molecule has 66 valence electrons. The molecule has 0 aliphatic carbocycles. The van der Waals surface area contributed by atoms with Crippen LogP contribution in [0.4, 0.5) is 4.39 Å². The molecule has 1 N–H and O–H groups in total. The maximum absolute atomic E-state index is 12.9. The molecule has 0 saturated carbocycles. The molecule has 0 bridgehead atoms. The maximum Gasteiger partial charge on any atom is 0.165 e. The van der Waals surface area contributed by atoms with Gasteiger partial charge in [0, 0.05) is 5.30 Å². The number of hydrogen-bond acceptors (Lipinski definition) is 1. The van der Waals surface area contributed by atoms with Gasteiger partial charge >= 0.3 is 0 Å². The zero-order valence-electron chi connectivity index (χ0n) is 7.13. The van der Waals surface area contributed by atoms with E-state index in [1.807, 2.05) is 13.8 Å². The normalized spacial score (nSPS) is 10.8. The molecular weight excluding hydrogens is 174 g/mol. The number of aromatic hydroxyl groups is 1. The Hall–Kier alpha value is -0.620. The number of halogens is 1. The SMILES string of the molecule is CC(C)c1cc(F)c(O)c(P)c1. The van der Waals surface area contributed by atoms with Gasteiger partial charge in [-0.2, -0.15) is 0 Å². The second kappa shape index (κ2) is 3.40. The summed E-state index contributed by atoms with van der Waals surface area (Å²) in [5.74, 6) is -0.546. The van der Waals surface area contributed by atoms with Gasteiger partial charge in [-0.1, -0.05) is 13.8 Å². The number of hydrogen-bond donors (Lipinski definition) is 1. The molecule has 0 saturated heterocycles. The Labute approximate surface area is 73.8 Å². The quantitative estimate of drug-likeness (QED) is 0.666. The van der Waals surface area contributed by atoms with Crippen molar-refractivity contribution in [2.45, 2.75) is 19.8 Å². The molecule has 1 nitrogen and oxygen atoms in total. The number of phenolic OH excluding ortho intramolecular Hbond substituents is 1. The van der Waals surface area contributed by atoms with Gasteiger partial charge in [-0.05, 0) is 23.6 Å². The summed E-state index contributed by atoms with van der Waals surface area (Å²) in [7, 11) is 2.31. The first-order valence-corrected chi connectivity index (χ1v) is 4.38. The number of benzene rings is 1. The fraction of sp³-hybridized carbons (Fsp3) is 0.333. The van der Waals surface area contributed by atoms with E-state index in [1.165, 1.54) is 6.07 Å². The number of phenols is 1. The van der Waals surface area contributed by atoms with E-state index in [0.29, 0.717) is 5.30 Å². The zero-order valence-corrected chi connectivity index (χ0v) is 8.29. The molecule has 3 heteroatoms.